The number of hydrogen-bond acceptors (Lipinski definition) is 4. The summed E-state index contributed by atoms with van der Waals surface area (Å²) in [5.41, 5.74) is 4.23. The van der Waals surface area contributed by atoms with Gasteiger partial charge in [0.05, 0.1) is 14.2 Å². The molecule has 0 saturated carbocycles. The highest BCUT2D eigenvalue weighted by atomic mass is 16.5. The number of hydrogen-bond donors (Lipinski definition) is 1. The van der Waals surface area contributed by atoms with Crippen molar-refractivity contribution in [3.8, 4) is 11.5 Å². The summed E-state index contributed by atoms with van der Waals surface area (Å²) < 4.78 is 10.7. The van der Waals surface area contributed by atoms with Crippen LogP contribution in [0.3, 0.4) is 0 Å². The molecule has 3 rings (SSSR count). The van der Waals surface area contributed by atoms with Gasteiger partial charge in [-0.05, 0) is 43.2 Å². The number of nitrogens with one attached hydrogen (secondary N) is 1. The van der Waals surface area contributed by atoms with Gasteiger partial charge in [0.1, 0.15) is 0 Å². The van der Waals surface area contributed by atoms with Crippen LogP contribution in [0.4, 0.5) is 16.2 Å². The average molecular weight is 369 g/mol. The van der Waals surface area contributed by atoms with E-state index < -0.39 is 0 Å². The maximum atomic E-state index is 12.6. The zero-order valence-electron chi connectivity index (χ0n) is 16.4. The van der Waals surface area contributed by atoms with E-state index in [0.29, 0.717) is 24.6 Å². The number of benzene rings is 2. The number of rotatable bonds is 4. The van der Waals surface area contributed by atoms with Crippen molar-refractivity contribution in [2.45, 2.75) is 13.8 Å². The van der Waals surface area contributed by atoms with Crippen LogP contribution in [0.2, 0.25) is 0 Å². The number of amides is 2. The van der Waals surface area contributed by atoms with E-state index in [1.165, 1.54) is 5.56 Å². The van der Waals surface area contributed by atoms with Crippen LogP contribution < -0.4 is 19.7 Å². The lowest BCUT2D eigenvalue weighted by Gasteiger charge is -2.36. The smallest absolute Gasteiger partial charge is 0.321 e. The molecule has 0 radical (unpaired) electrons. The van der Waals surface area contributed by atoms with Crippen molar-refractivity contribution in [1.82, 2.24) is 4.90 Å². The molecule has 144 valence electrons. The van der Waals surface area contributed by atoms with E-state index in [0.717, 1.165) is 30.0 Å². The zero-order chi connectivity index (χ0) is 19.4. The predicted molar refractivity (Wildman–Crippen MR) is 108 cm³/mol. The molecule has 1 aliphatic heterocycles. The highest BCUT2D eigenvalue weighted by Gasteiger charge is 2.22. The number of carbonyl (C=O) groups excluding carboxylic acids is 1. The van der Waals surface area contributed by atoms with Crippen LogP contribution in [0.25, 0.3) is 0 Å². The lowest BCUT2D eigenvalue weighted by Crippen LogP contribution is -2.50. The van der Waals surface area contributed by atoms with E-state index in [1.807, 2.05) is 55.1 Å². The van der Waals surface area contributed by atoms with Crippen LogP contribution in [0, 0.1) is 13.8 Å². The minimum Gasteiger partial charge on any atom is -0.493 e. The Morgan fingerprint density at radius 2 is 1.67 bits per heavy atom. The number of anilines is 2. The summed E-state index contributed by atoms with van der Waals surface area (Å²) in [5.74, 6) is 1.43. The Morgan fingerprint density at radius 3 is 2.33 bits per heavy atom. The molecular weight excluding hydrogens is 342 g/mol. The summed E-state index contributed by atoms with van der Waals surface area (Å²) in [6.45, 7) is 6.97. The number of ether oxygens (including phenoxy) is 2. The Bertz CT molecular complexity index is 814. The van der Waals surface area contributed by atoms with E-state index in [4.69, 9.17) is 9.47 Å². The first-order chi connectivity index (χ1) is 13.0. The van der Waals surface area contributed by atoms with Crippen molar-refractivity contribution >= 4 is 17.4 Å². The second-order valence-electron chi connectivity index (χ2n) is 6.69. The molecule has 1 heterocycles. The Morgan fingerprint density at radius 1 is 0.963 bits per heavy atom. The fraction of sp³-hybridized carbons (Fsp3) is 0.381. The Balaban J connectivity index is 1.61. The molecule has 1 fully saturated rings. The van der Waals surface area contributed by atoms with Gasteiger partial charge >= 0.3 is 6.03 Å². The van der Waals surface area contributed by atoms with Crippen LogP contribution in [0.15, 0.2) is 36.4 Å². The van der Waals surface area contributed by atoms with Gasteiger partial charge < -0.3 is 24.6 Å². The summed E-state index contributed by atoms with van der Waals surface area (Å²) in [5, 5.41) is 3.04. The van der Waals surface area contributed by atoms with Gasteiger partial charge in [0, 0.05) is 43.6 Å². The number of nitrogens with zero attached hydrogens (tertiary/aromatic N) is 2. The van der Waals surface area contributed by atoms with E-state index in [2.05, 4.69) is 10.2 Å². The molecule has 1 saturated heterocycles. The van der Waals surface area contributed by atoms with E-state index in [-0.39, 0.29) is 6.03 Å². The number of aryl methyl sites for hydroxylation is 1. The van der Waals surface area contributed by atoms with Crippen LogP contribution in [0.1, 0.15) is 11.1 Å². The minimum atomic E-state index is -0.0457. The third-order valence-corrected chi connectivity index (χ3v) is 5.15. The number of carbonyl (C=O) groups is 1. The lowest BCUT2D eigenvalue weighted by atomic mass is 10.1. The first-order valence-electron chi connectivity index (χ1n) is 9.12. The largest absolute Gasteiger partial charge is 0.493 e. The number of piperazine rings is 1. The van der Waals surface area contributed by atoms with Crippen LogP contribution >= 0.6 is 0 Å². The topological polar surface area (TPSA) is 54.0 Å². The van der Waals surface area contributed by atoms with Gasteiger partial charge in [0.15, 0.2) is 11.5 Å². The maximum Gasteiger partial charge on any atom is 0.321 e. The summed E-state index contributed by atoms with van der Waals surface area (Å²) in [7, 11) is 3.27. The zero-order valence-corrected chi connectivity index (χ0v) is 16.4. The second kappa shape index (κ2) is 8.20. The lowest BCUT2D eigenvalue weighted by molar-refractivity contribution is 0.208. The molecule has 0 unspecified atom stereocenters. The standard InChI is InChI=1S/C21H27N3O3/c1-15-6-5-7-18(16(15)2)22-21(25)24-12-10-23(11-13-24)17-8-9-19(26-3)20(14-17)27-4/h5-9,14H,10-13H2,1-4H3,(H,22,25). The third kappa shape index (κ3) is 4.10. The maximum absolute atomic E-state index is 12.6. The van der Waals surface area contributed by atoms with E-state index >= 15 is 0 Å². The van der Waals surface area contributed by atoms with Crippen molar-refractivity contribution in [2.75, 3.05) is 50.6 Å². The molecule has 2 aromatic carbocycles. The Hall–Kier alpha value is -2.89. The van der Waals surface area contributed by atoms with Gasteiger partial charge in [0.25, 0.3) is 0 Å². The van der Waals surface area contributed by atoms with Gasteiger partial charge in [-0.3, -0.25) is 0 Å². The van der Waals surface area contributed by atoms with Gasteiger partial charge in [-0.2, -0.15) is 0 Å². The van der Waals surface area contributed by atoms with Crippen molar-refractivity contribution < 1.29 is 14.3 Å². The summed E-state index contributed by atoms with van der Waals surface area (Å²) in [4.78, 5) is 16.7. The van der Waals surface area contributed by atoms with Crippen molar-refractivity contribution in [3.63, 3.8) is 0 Å². The SMILES string of the molecule is COc1ccc(N2CCN(C(=O)Nc3cccc(C)c3C)CC2)cc1OC. The normalized spacial score (nSPS) is 14.1. The van der Waals surface area contributed by atoms with Gasteiger partial charge in [-0.15, -0.1) is 0 Å². The summed E-state index contributed by atoms with van der Waals surface area (Å²) >= 11 is 0. The van der Waals surface area contributed by atoms with Crippen LogP contribution in [0.5, 0.6) is 11.5 Å². The van der Waals surface area contributed by atoms with Gasteiger partial charge in [0.2, 0.25) is 0 Å². The average Bonchev–Trinajstić information content (AvgIpc) is 2.71. The highest BCUT2D eigenvalue weighted by Crippen LogP contribution is 2.32. The molecule has 6 heteroatoms. The van der Waals surface area contributed by atoms with Crippen molar-refractivity contribution in [3.05, 3.63) is 47.5 Å². The molecule has 0 aliphatic carbocycles. The monoisotopic (exact) mass is 369 g/mol. The Labute approximate surface area is 160 Å². The number of urea groups is 1. The fourth-order valence-electron chi connectivity index (χ4n) is 3.27. The Kier molecular flexibility index (Phi) is 5.74. The molecule has 0 atom stereocenters. The van der Waals surface area contributed by atoms with Crippen LogP contribution in [-0.2, 0) is 0 Å². The summed E-state index contributed by atoms with van der Waals surface area (Å²) in [6.07, 6.45) is 0. The molecule has 27 heavy (non-hydrogen) atoms. The first-order valence-corrected chi connectivity index (χ1v) is 9.12. The summed E-state index contributed by atoms with van der Waals surface area (Å²) in [6, 6.07) is 11.8. The van der Waals surface area contributed by atoms with Gasteiger partial charge in [-0.1, -0.05) is 12.1 Å². The quantitative estimate of drug-likeness (QED) is 0.893. The molecule has 0 bridgehead atoms. The molecule has 0 spiro atoms. The third-order valence-electron chi connectivity index (χ3n) is 5.15. The van der Waals surface area contributed by atoms with E-state index in [9.17, 15) is 4.79 Å². The van der Waals surface area contributed by atoms with Crippen molar-refractivity contribution in [2.24, 2.45) is 0 Å². The first kappa shape index (κ1) is 18.9. The molecule has 6 nitrogen and oxygen atoms in total. The van der Waals surface area contributed by atoms with E-state index in [1.54, 1.807) is 14.2 Å². The molecule has 2 amide bonds. The molecule has 2 aromatic rings. The second-order valence-corrected chi connectivity index (χ2v) is 6.69. The molecule has 1 aliphatic rings. The van der Waals surface area contributed by atoms with Gasteiger partial charge in [-0.25, -0.2) is 4.79 Å². The molecule has 0 aromatic heterocycles. The molecular formula is C21H27N3O3. The number of methoxy groups -OCH3 is 2. The van der Waals surface area contributed by atoms with Crippen LogP contribution in [-0.4, -0.2) is 51.3 Å². The minimum absolute atomic E-state index is 0.0457. The van der Waals surface area contributed by atoms with Crippen molar-refractivity contribution in [1.29, 1.82) is 0 Å². The predicted octanol–water partition coefficient (Wildman–Crippen LogP) is 3.67. The molecule has 1 N–H and O–H groups in total. The fourth-order valence-corrected chi connectivity index (χ4v) is 3.27. The highest BCUT2D eigenvalue weighted by molar-refractivity contribution is 5.90.